The molecule has 0 atom stereocenters. The smallest absolute Gasteiger partial charge is 0.335 e. The second kappa shape index (κ2) is 9.09. The zero-order valence-electron chi connectivity index (χ0n) is 17.9. The number of nitrogens with zero attached hydrogens (tertiary/aromatic N) is 1. The van der Waals surface area contributed by atoms with Crippen LogP contribution in [0.5, 0.6) is 11.5 Å². The van der Waals surface area contributed by atoms with Crippen molar-refractivity contribution in [1.82, 2.24) is 5.32 Å². The van der Waals surface area contributed by atoms with E-state index in [1.165, 1.54) is 13.2 Å². The van der Waals surface area contributed by atoms with Gasteiger partial charge in [-0.15, -0.1) is 0 Å². The summed E-state index contributed by atoms with van der Waals surface area (Å²) in [7, 11) is 1.52. The highest BCUT2D eigenvalue weighted by Gasteiger charge is 2.37. The lowest BCUT2D eigenvalue weighted by atomic mass is 10.0. The number of nitrogens with one attached hydrogen (secondary N) is 1. The fourth-order valence-electron chi connectivity index (χ4n) is 3.27. The van der Waals surface area contributed by atoms with Crippen molar-refractivity contribution in [3.63, 3.8) is 0 Å². The number of aryl methyl sites for hydroxylation is 2. The normalized spacial score (nSPS) is 15.5. The van der Waals surface area contributed by atoms with E-state index < -0.39 is 17.8 Å². The van der Waals surface area contributed by atoms with E-state index >= 15 is 0 Å². The molecule has 0 unspecified atom stereocenters. The van der Waals surface area contributed by atoms with Crippen molar-refractivity contribution in [2.75, 3.05) is 12.0 Å². The fourth-order valence-corrected chi connectivity index (χ4v) is 4.02. The van der Waals surface area contributed by atoms with Crippen LogP contribution in [0.4, 0.5) is 10.5 Å². The first-order valence-corrected chi connectivity index (χ1v) is 10.7. The maximum atomic E-state index is 13.2. The van der Waals surface area contributed by atoms with Crippen molar-refractivity contribution in [1.29, 1.82) is 0 Å². The van der Waals surface area contributed by atoms with E-state index in [9.17, 15) is 14.4 Å². The summed E-state index contributed by atoms with van der Waals surface area (Å²) in [4.78, 5) is 39.1. The standard InChI is InChI=1S/C23H23IN2O5/c1-12(2)31-20-17(24)10-15(11-19(20)30-5)9-16-21(27)25-23(29)26(22(16)28)18-7-6-13(3)8-14(18)4/h6-12H,1-5H3,(H,25,27,29)/b16-9+. The summed E-state index contributed by atoms with van der Waals surface area (Å²) in [6.07, 6.45) is 1.40. The van der Waals surface area contributed by atoms with Crippen LogP contribution in [0.15, 0.2) is 35.9 Å². The highest BCUT2D eigenvalue weighted by Crippen LogP contribution is 2.35. The molecular formula is C23H23IN2O5. The predicted octanol–water partition coefficient (Wildman–Crippen LogP) is 4.37. The molecule has 2 aromatic rings. The molecule has 7 nitrogen and oxygen atoms in total. The van der Waals surface area contributed by atoms with Crippen LogP contribution in [0.2, 0.25) is 0 Å². The summed E-state index contributed by atoms with van der Waals surface area (Å²) < 4.78 is 12.0. The molecule has 0 saturated carbocycles. The summed E-state index contributed by atoms with van der Waals surface area (Å²) in [5.74, 6) is -0.352. The fraction of sp³-hybridized carbons (Fsp3) is 0.261. The lowest BCUT2D eigenvalue weighted by Crippen LogP contribution is -2.54. The summed E-state index contributed by atoms with van der Waals surface area (Å²) in [5, 5.41) is 2.25. The molecule has 1 saturated heterocycles. The Morgan fingerprint density at radius 1 is 1.10 bits per heavy atom. The zero-order valence-corrected chi connectivity index (χ0v) is 20.1. The first kappa shape index (κ1) is 22.8. The molecule has 162 valence electrons. The van der Waals surface area contributed by atoms with E-state index in [0.29, 0.717) is 22.7 Å². The molecule has 1 aliphatic rings. The van der Waals surface area contributed by atoms with Gasteiger partial charge in [0.2, 0.25) is 0 Å². The summed E-state index contributed by atoms with van der Waals surface area (Å²) >= 11 is 2.11. The quantitative estimate of drug-likeness (QED) is 0.350. The minimum absolute atomic E-state index is 0.0466. The van der Waals surface area contributed by atoms with Crippen molar-refractivity contribution < 1.29 is 23.9 Å². The average molecular weight is 534 g/mol. The second-order valence-electron chi connectivity index (χ2n) is 7.45. The van der Waals surface area contributed by atoms with E-state index in [4.69, 9.17) is 9.47 Å². The van der Waals surface area contributed by atoms with Crippen LogP contribution in [0, 0.1) is 17.4 Å². The monoisotopic (exact) mass is 534 g/mol. The second-order valence-corrected chi connectivity index (χ2v) is 8.61. The van der Waals surface area contributed by atoms with Crippen LogP contribution in [0.1, 0.15) is 30.5 Å². The van der Waals surface area contributed by atoms with E-state index in [-0.39, 0.29) is 11.7 Å². The molecule has 31 heavy (non-hydrogen) atoms. The lowest BCUT2D eigenvalue weighted by Gasteiger charge is -2.27. The van der Waals surface area contributed by atoms with Gasteiger partial charge in [-0.25, -0.2) is 9.69 Å². The predicted molar refractivity (Wildman–Crippen MR) is 126 cm³/mol. The van der Waals surface area contributed by atoms with Gasteiger partial charge in [0.1, 0.15) is 5.57 Å². The van der Waals surface area contributed by atoms with E-state index in [1.54, 1.807) is 18.2 Å². The number of carbonyl (C=O) groups excluding carboxylic acids is 3. The number of barbiturate groups is 1. The van der Waals surface area contributed by atoms with Gasteiger partial charge in [-0.2, -0.15) is 0 Å². The van der Waals surface area contributed by atoms with Gasteiger partial charge in [0.15, 0.2) is 11.5 Å². The number of urea groups is 1. The largest absolute Gasteiger partial charge is 0.493 e. The summed E-state index contributed by atoms with van der Waals surface area (Å²) in [5.41, 5.74) is 2.62. The molecule has 0 aliphatic carbocycles. The third kappa shape index (κ3) is 4.73. The highest BCUT2D eigenvalue weighted by atomic mass is 127. The molecule has 0 aromatic heterocycles. The molecular weight excluding hydrogens is 511 g/mol. The Labute approximate surface area is 194 Å². The molecule has 1 heterocycles. The van der Waals surface area contributed by atoms with Gasteiger partial charge < -0.3 is 9.47 Å². The van der Waals surface area contributed by atoms with Crippen LogP contribution in [-0.2, 0) is 9.59 Å². The number of imide groups is 2. The van der Waals surface area contributed by atoms with Crippen LogP contribution in [0.25, 0.3) is 6.08 Å². The Bertz CT molecular complexity index is 1110. The number of hydrogen-bond donors (Lipinski definition) is 1. The van der Waals surface area contributed by atoms with E-state index in [1.807, 2.05) is 39.8 Å². The number of halogens is 1. The average Bonchev–Trinajstić information content (AvgIpc) is 2.68. The number of hydrogen-bond acceptors (Lipinski definition) is 5. The Hall–Kier alpha value is -2.88. The number of amides is 4. The molecule has 4 amide bonds. The molecule has 1 aliphatic heterocycles. The Morgan fingerprint density at radius 3 is 2.42 bits per heavy atom. The van der Waals surface area contributed by atoms with Crippen molar-refractivity contribution in [3.8, 4) is 11.5 Å². The van der Waals surface area contributed by atoms with Gasteiger partial charge in [0, 0.05) is 0 Å². The lowest BCUT2D eigenvalue weighted by molar-refractivity contribution is -0.122. The van der Waals surface area contributed by atoms with Gasteiger partial charge in [0.25, 0.3) is 11.8 Å². The maximum Gasteiger partial charge on any atom is 0.335 e. The summed E-state index contributed by atoms with van der Waals surface area (Å²) in [6, 6.07) is 8.07. The Kier molecular flexibility index (Phi) is 6.68. The van der Waals surface area contributed by atoms with Crippen molar-refractivity contribution >= 4 is 52.2 Å². The first-order valence-electron chi connectivity index (χ1n) is 9.65. The maximum absolute atomic E-state index is 13.2. The topological polar surface area (TPSA) is 84.9 Å². The number of anilines is 1. The SMILES string of the molecule is COc1cc(/C=C2\C(=O)NC(=O)N(c3ccc(C)cc3C)C2=O)cc(I)c1OC(C)C. The molecule has 8 heteroatoms. The van der Waals surface area contributed by atoms with Crippen molar-refractivity contribution in [2.45, 2.75) is 33.8 Å². The highest BCUT2D eigenvalue weighted by molar-refractivity contribution is 14.1. The molecule has 0 spiro atoms. The third-order valence-electron chi connectivity index (χ3n) is 4.61. The Morgan fingerprint density at radius 2 is 1.81 bits per heavy atom. The first-order chi connectivity index (χ1) is 14.6. The number of ether oxygens (including phenoxy) is 2. The van der Waals surface area contributed by atoms with Crippen LogP contribution in [-0.4, -0.2) is 31.1 Å². The van der Waals surface area contributed by atoms with Gasteiger partial charge in [-0.3, -0.25) is 14.9 Å². The number of benzene rings is 2. The van der Waals surface area contributed by atoms with Crippen molar-refractivity contribution in [2.24, 2.45) is 0 Å². The minimum Gasteiger partial charge on any atom is -0.493 e. The van der Waals surface area contributed by atoms with E-state index in [0.717, 1.165) is 19.6 Å². The summed E-state index contributed by atoms with van der Waals surface area (Å²) in [6.45, 7) is 7.55. The van der Waals surface area contributed by atoms with Crippen molar-refractivity contribution in [3.05, 3.63) is 56.2 Å². The number of rotatable bonds is 5. The molecule has 0 bridgehead atoms. The molecule has 3 rings (SSSR count). The number of carbonyl (C=O) groups is 3. The van der Waals surface area contributed by atoms with E-state index in [2.05, 4.69) is 27.9 Å². The van der Waals surface area contributed by atoms with Gasteiger partial charge in [-0.1, -0.05) is 17.7 Å². The van der Waals surface area contributed by atoms with Crippen LogP contribution >= 0.6 is 22.6 Å². The van der Waals surface area contributed by atoms with Gasteiger partial charge in [-0.05, 0) is 85.7 Å². The Balaban J connectivity index is 2.05. The molecule has 1 N–H and O–H groups in total. The van der Waals surface area contributed by atoms with Gasteiger partial charge in [0.05, 0.1) is 22.5 Å². The third-order valence-corrected chi connectivity index (χ3v) is 5.41. The minimum atomic E-state index is -0.771. The van der Waals surface area contributed by atoms with Crippen LogP contribution in [0.3, 0.4) is 0 Å². The number of methoxy groups -OCH3 is 1. The van der Waals surface area contributed by atoms with Crippen LogP contribution < -0.4 is 19.7 Å². The van der Waals surface area contributed by atoms with Gasteiger partial charge >= 0.3 is 6.03 Å². The molecule has 2 aromatic carbocycles. The molecule has 0 radical (unpaired) electrons. The zero-order chi connectivity index (χ0) is 22.9. The molecule has 1 fully saturated rings.